The SMILES string of the molecule is CC(C)(C)n1nc(-c2ccccc2)nc1C1CCn2ncnc2C1. The Balaban J connectivity index is 1.76. The van der Waals surface area contributed by atoms with Crippen molar-refractivity contribution in [2.75, 3.05) is 0 Å². The zero-order valence-corrected chi connectivity index (χ0v) is 14.3. The van der Waals surface area contributed by atoms with E-state index in [1.54, 1.807) is 6.33 Å². The molecule has 1 aliphatic rings. The molecule has 0 amide bonds. The molecule has 1 unspecified atom stereocenters. The summed E-state index contributed by atoms with van der Waals surface area (Å²) in [7, 11) is 0. The predicted octanol–water partition coefficient (Wildman–Crippen LogP) is 3.02. The Morgan fingerprint density at radius 2 is 1.92 bits per heavy atom. The van der Waals surface area contributed by atoms with Crippen LogP contribution >= 0.6 is 0 Å². The molecule has 6 heteroatoms. The largest absolute Gasteiger partial charge is 0.250 e. The standard InChI is InChI=1S/C18H22N6/c1-18(2,3)24-17(14-9-10-23-15(11-14)19-12-20-23)21-16(22-24)13-7-5-4-6-8-13/h4-8,12,14H,9-11H2,1-3H3. The molecule has 0 spiro atoms. The Morgan fingerprint density at radius 3 is 2.67 bits per heavy atom. The lowest BCUT2D eigenvalue weighted by Crippen LogP contribution is -2.29. The molecule has 4 rings (SSSR count). The minimum atomic E-state index is -0.111. The Morgan fingerprint density at radius 1 is 1.12 bits per heavy atom. The molecule has 0 saturated carbocycles. The number of benzene rings is 1. The van der Waals surface area contributed by atoms with Crippen LogP contribution in [0.2, 0.25) is 0 Å². The molecule has 2 aromatic heterocycles. The first-order valence-electron chi connectivity index (χ1n) is 8.42. The molecule has 1 atom stereocenters. The first kappa shape index (κ1) is 15.1. The van der Waals surface area contributed by atoms with Crippen LogP contribution in [0, 0.1) is 0 Å². The number of fused-ring (bicyclic) bond motifs is 1. The summed E-state index contributed by atoms with van der Waals surface area (Å²) >= 11 is 0. The van der Waals surface area contributed by atoms with Gasteiger partial charge >= 0.3 is 0 Å². The highest BCUT2D eigenvalue weighted by Gasteiger charge is 2.30. The fourth-order valence-electron chi connectivity index (χ4n) is 3.25. The van der Waals surface area contributed by atoms with Crippen LogP contribution in [0.1, 0.15) is 44.8 Å². The van der Waals surface area contributed by atoms with Gasteiger partial charge in [0.25, 0.3) is 0 Å². The second-order valence-electron chi connectivity index (χ2n) is 7.33. The van der Waals surface area contributed by atoms with E-state index in [1.165, 1.54) is 0 Å². The molecule has 0 N–H and O–H groups in total. The van der Waals surface area contributed by atoms with Crippen LogP contribution in [-0.4, -0.2) is 29.5 Å². The normalized spacial score (nSPS) is 17.7. The molecule has 0 radical (unpaired) electrons. The minimum absolute atomic E-state index is 0.111. The molecule has 1 aromatic carbocycles. The third-order valence-electron chi connectivity index (χ3n) is 4.48. The molecule has 3 heterocycles. The van der Waals surface area contributed by atoms with Crippen molar-refractivity contribution >= 4 is 0 Å². The molecule has 0 saturated heterocycles. The van der Waals surface area contributed by atoms with Crippen LogP contribution in [0.4, 0.5) is 0 Å². The molecule has 0 bridgehead atoms. The van der Waals surface area contributed by atoms with E-state index >= 15 is 0 Å². The highest BCUT2D eigenvalue weighted by molar-refractivity contribution is 5.54. The number of rotatable bonds is 2. The molecule has 0 fully saturated rings. The van der Waals surface area contributed by atoms with Crippen molar-refractivity contribution < 1.29 is 0 Å². The lowest BCUT2D eigenvalue weighted by atomic mass is 9.96. The average molecular weight is 322 g/mol. The van der Waals surface area contributed by atoms with Gasteiger partial charge in [-0.15, -0.1) is 0 Å². The third kappa shape index (κ3) is 2.62. The van der Waals surface area contributed by atoms with Gasteiger partial charge in [-0.05, 0) is 27.2 Å². The van der Waals surface area contributed by atoms with Crippen LogP contribution in [0.25, 0.3) is 11.4 Å². The highest BCUT2D eigenvalue weighted by Crippen LogP contribution is 2.31. The number of aryl methyl sites for hydroxylation is 1. The Bertz CT molecular complexity index is 840. The minimum Gasteiger partial charge on any atom is -0.250 e. The first-order valence-corrected chi connectivity index (χ1v) is 8.42. The summed E-state index contributed by atoms with van der Waals surface area (Å²) in [5.41, 5.74) is 0.946. The average Bonchev–Trinajstić information content (AvgIpc) is 3.21. The van der Waals surface area contributed by atoms with Crippen molar-refractivity contribution in [3.8, 4) is 11.4 Å². The summed E-state index contributed by atoms with van der Waals surface area (Å²) in [4.78, 5) is 9.31. The summed E-state index contributed by atoms with van der Waals surface area (Å²) in [5.74, 6) is 3.21. The summed E-state index contributed by atoms with van der Waals surface area (Å²) in [6, 6.07) is 10.2. The smallest absolute Gasteiger partial charge is 0.181 e. The number of aromatic nitrogens is 6. The van der Waals surface area contributed by atoms with Crippen LogP contribution in [0.15, 0.2) is 36.7 Å². The molecular formula is C18H22N6. The quantitative estimate of drug-likeness (QED) is 0.727. The van der Waals surface area contributed by atoms with E-state index in [2.05, 4.69) is 47.7 Å². The second kappa shape index (κ2) is 5.54. The van der Waals surface area contributed by atoms with Gasteiger partial charge in [0.15, 0.2) is 5.82 Å². The lowest BCUT2D eigenvalue weighted by molar-refractivity contribution is 0.317. The monoisotopic (exact) mass is 322 g/mol. The van der Waals surface area contributed by atoms with Crippen molar-refractivity contribution in [2.45, 2.75) is 51.6 Å². The van der Waals surface area contributed by atoms with Gasteiger partial charge in [0.1, 0.15) is 18.0 Å². The van der Waals surface area contributed by atoms with Crippen LogP contribution in [-0.2, 0) is 18.5 Å². The van der Waals surface area contributed by atoms with Crippen LogP contribution in [0.5, 0.6) is 0 Å². The van der Waals surface area contributed by atoms with Crippen molar-refractivity contribution in [3.63, 3.8) is 0 Å². The summed E-state index contributed by atoms with van der Waals surface area (Å²) < 4.78 is 4.08. The Hall–Kier alpha value is -2.50. The lowest BCUT2D eigenvalue weighted by Gasteiger charge is -2.27. The van der Waals surface area contributed by atoms with E-state index in [1.807, 2.05) is 22.9 Å². The summed E-state index contributed by atoms with van der Waals surface area (Å²) in [5, 5.41) is 9.10. The molecular weight excluding hydrogens is 300 g/mol. The van der Waals surface area contributed by atoms with Gasteiger partial charge in [0.2, 0.25) is 0 Å². The molecule has 1 aliphatic heterocycles. The van der Waals surface area contributed by atoms with E-state index in [9.17, 15) is 0 Å². The van der Waals surface area contributed by atoms with E-state index in [-0.39, 0.29) is 5.54 Å². The second-order valence-corrected chi connectivity index (χ2v) is 7.33. The summed E-state index contributed by atoms with van der Waals surface area (Å²) in [6.45, 7) is 7.40. The third-order valence-corrected chi connectivity index (χ3v) is 4.48. The zero-order chi connectivity index (χ0) is 16.7. The molecule has 0 aliphatic carbocycles. The zero-order valence-electron chi connectivity index (χ0n) is 14.3. The van der Waals surface area contributed by atoms with Gasteiger partial charge in [-0.2, -0.15) is 10.2 Å². The van der Waals surface area contributed by atoms with E-state index in [0.29, 0.717) is 5.92 Å². The van der Waals surface area contributed by atoms with Gasteiger partial charge in [-0.3, -0.25) is 4.68 Å². The Labute approximate surface area is 141 Å². The maximum absolute atomic E-state index is 4.92. The van der Waals surface area contributed by atoms with Crippen molar-refractivity contribution in [1.29, 1.82) is 0 Å². The van der Waals surface area contributed by atoms with Crippen molar-refractivity contribution in [3.05, 3.63) is 48.3 Å². The molecule has 6 nitrogen and oxygen atoms in total. The van der Waals surface area contributed by atoms with Crippen LogP contribution in [0.3, 0.4) is 0 Å². The van der Waals surface area contributed by atoms with Gasteiger partial charge in [0, 0.05) is 24.4 Å². The molecule has 3 aromatic rings. The maximum atomic E-state index is 4.92. The highest BCUT2D eigenvalue weighted by atomic mass is 15.4. The van der Waals surface area contributed by atoms with E-state index in [0.717, 1.165) is 42.4 Å². The Kier molecular flexibility index (Phi) is 3.48. The fraction of sp³-hybridized carbons (Fsp3) is 0.444. The van der Waals surface area contributed by atoms with Gasteiger partial charge in [-0.25, -0.2) is 14.6 Å². The number of nitrogens with zero attached hydrogens (tertiary/aromatic N) is 6. The van der Waals surface area contributed by atoms with Gasteiger partial charge in [-0.1, -0.05) is 30.3 Å². The van der Waals surface area contributed by atoms with Gasteiger partial charge < -0.3 is 0 Å². The fourth-order valence-corrected chi connectivity index (χ4v) is 3.25. The molecule has 124 valence electrons. The van der Waals surface area contributed by atoms with E-state index in [4.69, 9.17) is 10.1 Å². The predicted molar refractivity (Wildman–Crippen MR) is 91.5 cm³/mol. The van der Waals surface area contributed by atoms with Gasteiger partial charge in [0.05, 0.1) is 5.54 Å². The summed E-state index contributed by atoms with van der Waals surface area (Å²) in [6.07, 6.45) is 3.52. The number of hydrogen-bond acceptors (Lipinski definition) is 4. The number of hydrogen-bond donors (Lipinski definition) is 0. The first-order chi connectivity index (χ1) is 11.5. The van der Waals surface area contributed by atoms with Crippen molar-refractivity contribution in [1.82, 2.24) is 29.5 Å². The van der Waals surface area contributed by atoms with Crippen LogP contribution < -0.4 is 0 Å². The van der Waals surface area contributed by atoms with E-state index < -0.39 is 0 Å². The molecule has 24 heavy (non-hydrogen) atoms. The van der Waals surface area contributed by atoms with Crippen molar-refractivity contribution in [2.24, 2.45) is 0 Å². The maximum Gasteiger partial charge on any atom is 0.181 e. The topological polar surface area (TPSA) is 61.4 Å².